The van der Waals surface area contributed by atoms with Crippen molar-refractivity contribution >= 4 is 5.57 Å². The molecule has 1 N–H and O–H groups in total. The number of aliphatic hydroxyl groups is 1. The van der Waals surface area contributed by atoms with Gasteiger partial charge in [0.05, 0.1) is 6.07 Å². The lowest BCUT2D eigenvalue weighted by Crippen LogP contribution is -1.93. The van der Waals surface area contributed by atoms with E-state index in [0.717, 1.165) is 16.7 Å². The van der Waals surface area contributed by atoms with Gasteiger partial charge in [0.2, 0.25) is 0 Å². The van der Waals surface area contributed by atoms with Gasteiger partial charge in [0.15, 0.2) is 0 Å². The average Bonchev–Trinajstić information content (AvgIpc) is 2.30. The Morgan fingerprint density at radius 2 is 2.00 bits per heavy atom. The Kier molecular flexibility index (Phi) is 4.59. The molecule has 1 rings (SSSR count). The first kappa shape index (κ1) is 11.5. The van der Waals surface area contributed by atoms with Gasteiger partial charge in [-0.15, -0.1) is 0 Å². The number of hydrogen-bond donors (Lipinski definition) is 1. The van der Waals surface area contributed by atoms with Crippen molar-refractivity contribution in [3.63, 3.8) is 0 Å². The summed E-state index contributed by atoms with van der Waals surface area (Å²) >= 11 is 0. The van der Waals surface area contributed by atoms with Crippen LogP contribution >= 0.6 is 0 Å². The fourth-order valence-electron chi connectivity index (χ4n) is 1.58. The highest BCUT2D eigenvalue weighted by molar-refractivity contribution is 5.71. The second-order valence-electron chi connectivity index (χ2n) is 3.26. The predicted molar refractivity (Wildman–Crippen MR) is 61.0 cm³/mol. The summed E-state index contributed by atoms with van der Waals surface area (Å²) in [6, 6.07) is 12.0. The summed E-state index contributed by atoms with van der Waals surface area (Å²) in [7, 11) is 0. The molecule has 0 saturated carbocycles. The van der Waals surface area contributed by atoms with Crippen molar-refractivity contribution in [1.82, 2.24) is 0 Å². The first-order valence-corrected chi connectivity index (χ1v) is 5.11. The van der Waals surface area contributed by atoms with Crippen LogP contribution in [0.1, 0.15) is 25.3 Å². The maximum Gasteiger partial charge on any atom is 0.0950 e. The Labute approximate surface area is 90.5 Å². The monoisotopic (exact) mass is 201 g/mol. The van der Waals surface area contributed by atoms with Crippen LogP contribution in [0.3, 0.4) is 0 Å². The third kappa shape index (κ3) is 2.93. The molecule has 0 amide bonds. The minimum absolute atomic E-state index is 0.0788. The molecule has 0 fully saturated rings. The zero-order valence-electron chi connectivity index (χ0n) is 8.90. The van der Waals surface area contributed by atoms with E-state index in [2.05, 4.69) is 6.07 Å². The van der Waals surface area contributed by atoms with Gasteiger partial charge in [0.25, 0.3) is 0 Å². The lowest BCUT2D eigenvalue weighted by atomic mass is 9.96. The molecule has 2 heteroatoms. The third-order valence-electron chi connectivity index (χ3n) is 2.34. The third-order valence-corrected chi connectivity index (χ3v) is 2.34. The van der Waals surface area contributed by atoms with Crippen LogP contribution in [0.15, 0.2) is 35.9 Å². The van der Waals surface area contributed by atoms with Crippen LogP contribution in [0.5, 0.6) is 0 Å². The van der Waals surface area contributed by atoms with Crippen molar-refractivity contribution in [3.05, 3.63) is 41.5 Å². The fourth-order valence-corrected chi connectivity index (χ4v) is 1.58. The minimum Gasteiger partial charge on any atom is -0.396 e. The van der Waals surface area contributed by atoms with Crippen molar-refractivity contribution in [2.24, 2.45) is 0 Å². The zero-order chi connectivity index (χ0) is 11.1. The van der Waals surface area contributed by atoms with E-state index >= 15 is 0 Å². The first-order valence-electron chi connectivity index (χ1n) is 5.11. The Bertz CT molecular complexity index is 373. The van der Waals surface area contributed by atoms with Crippen LogP contribution in [0.25, 0.3) is 5.57 Å². The summed E-state index contributed by atoms with van der Waals surface area (Å²) < 4.78 is 0. The molecule has 0 aliphatic carbocycles. The van der Waals surface area contributed by atoms with Gasteiger partial charge in [-0.05, 0) is 24.0 Å². The summed E-state index contributed by atoms with van der Waals surface area (Å²) in [5, 5.41) is 18.0. The van der Waals surface area contributed by atoms with Crippen molar-refractivity contribution in [1.29, 1.82) is 5.26 Å². The predicted octanol–water partition coefficient (Wildman–Crippen LogP) is 2.76. The molecule has 1 aromatic rings. The molecule has 0 aliphatic heterocycles. The molecule has 0 radical (unpaired) electrons. The Hall–Kier alpha value is -1.59. The van der Waals surface area contributed by atoms with Crippen LogP contribution in [0.2, 0.25) is 0 Å². The molecule has 0 heterocycles. The maximum atomic E-state index is 8.99. The van der Waals surface area contributed by atoms with Crippen molar-refractivity contribution in [2.75, 3.05) is 6.61 Å². The number of rotatable bonds is 4. The maximum absolute atomic E-state index is 8.99. The largest absolute Gasteiger partial charge is 0.396 e. The van der Waals surface area contributed by atoms with E-state index in [1.54, 1.807) is 0 Å². The molecule has 0 aliphatic rings. The lowest BCUT2D eigenvalue weighted by Gasteiger charge is -2.08. The van der Waals surface area contributed by atoms with Crippen LogP contribution in [-0.4, -0.2) is 11.7 Å². The van der Waals surface area contributed by atoms with Gasteiger partial charge in [0, 0.05) is 12.2 Å². The van der Waals surface area contributed by atoms with Crippen molar-refractivity contribution in [2.45, 2.75) is 19.8 Å². The van der Waals surface area contributed by atoms with E-state index in [4.69, 9.17) is 10.4 Å². The molecule has 0 spiro atoms. The Morgan fingerprint density at radius 1 is 1.33 bits per heavy atom. The summed E-state index contributed by atoms with van der Waals surface area (Å²) in [6.45, 7) is 2.04. The van der Waals surface area contributed by atoms with Gasteiger partial charge in [-0.1, -0.05) is 37.3 Å². The second-order valence-corrected chi connectivity index (χ2v) is 3.26. The number of aliphatic hydroxyl groups excluding tert-OH is 1. The smallest absolute Gasteiger partial charge is 0.0950 e. The summed E-state index contributed by atoms with van der Waals surface area (Å²) in [5.41, 5.74) is 2.75. The SMILES string of the molecule is CC/C(C#N)=C(\CCO)c1ccccc1. The van der Waals surface area contributed by atoms with Crippen LogP contribution in [-0.2, 0) is 0 Å². The highest BCUT2D eigenvalue weighted by atomic mass is 16.2. The molecule has 0 atom stereocenters. The van der Waals surface area contributed by atoms with Gasteiger partial charge in [0.1, 0.15) is 0 Å². The molecule has 2 nitrogen and oxygen atoms in total. The van der Waals surface area contributed by atoms with Gasteiger partial charge < -0.3 is 5.11 Å². The average molecular weight is 201 g/mol. The summed E-state index contributed by atoms with van der Waals surface area (Å²) in [5.74, 6) is 0. The molecule has 0 bridgehead atoms. The topological polar surface area (TPSA) is 44.0 Å². The second kappa shape index (κ2) is 6.00. The van der Waals surface area contributed by atoms with Crippen LogP contribution < -0.4 is 0 Å². The van der Waals surface area contributed by atoms with E-state index in [1.165, 1.54) is 0 Å². The molecule has 0 unspecified atom stereocenters. The van der Waals surface area contributed by atoms with E-state index in [1.807, 2.05) is 37.3 Å². The van der Waals surface area contributed by atoms with E-state index < -0.39 is 0 Å². The van der Waals surface area contributed by atoms with Crippen LogP contribution in [0, 0.1) is 11.3 Å². The summed E-state index contributed by atoms with van der Waals surface area (Å²) in [6.07, 6.45) is 1.25. The van der Waals surface area contributed by atoms with Crippen molar-refractivity contribution < 1.29 is 5.11 Å². The summed E-state index contributed by atoms with van der Waals surface area (Å²) in [4.78, 5) is 0. The number of benzene rings is 1. The number of nitrogens with zero attached hydrogens (tertiary/aromatic N) is 1. The van der Waals surface area contributed by atoms with Gasteiger partial charge in [-0.2, -0.15) is 5.26 Å². The van der Waals surface area contributed by atoms with Gasteiger partial charge >= 0.3 is 0 Å². The fraction of sp³-hybridized carbons (Fsp3) is 0.308. The van der Waals surface area contributed by atoms with Crippen molar-refractivity contribution in [3.8, 4) is 6.07 Å². The normalized spacial score (nSPS) is 11.8. The molecule has 0 aromatic heterocycles. The van der Waals surface area contributed by atoms with E-state index in [-0.39, 0.29) is 6.61 Å². The minimum atomic E-state index is 0.0788. The number of allylic oxidation sites excluding steroid dienone is 1. The molecule has 15 heavy (non-hydrogen) atoms. The molecule has 78 valence electrons. The number of hydrogen-bond acceptors (Lipinski definition) is 2. The Balaban J connectivity index is 3.14. The first-order chi connectivity index (χ1) is 7.33. The molecule has 0 saturated heterocycles. The standard InChI is InChI=1S/C13H15NO/c1-2-11(10-14)13(8-9-15)12-6-4-3-5-7-12/h3-7,15H,2,8-9H2,1H3/b13-11-. The Morgan fingerprint density at radius 3 is 2.47 bits per heavy atom. The van der Waals surface area contributed by atoms with Gasteiger partial charge in [-0.3, -0.25) is 0 Å². The van der Waals surface area contributed by atoms with E-state index in [0.29, 0.717) is 12.8 Å². The number of nitriles is 1. The lowest BCUT2D eigenvalue weighted by molar-refractivity contribution is 0.305. The molecular weight excluding hydrogens is 186 g/mol. The van der Waals surface area contributed by atoms with E-state index in [9.17, 15) is 0 Å². The van der Waals surface area contributed by atoms with Gasteiger partial charge in [-0.25, -0.2) is 0 Å². The molecule has 1 aromatic carbocycles. The highest BCUT2D eigenvalue weighted by Gasteiger charge is 2.06. The molecular formula is C13H15NO. The highest BCUT2D eigenvalue weighted by Crippen LogP contribution is 2.23. The quantitative estimate of drug-likeness (QED) is 0.761. The zero-order valence-corrected chi connectivity index (χ0v) is 8.90. The van der Waals surface area contributed by atoms with Crippen LogP contribution in [0.4, 0.5) is 0 Å².